The molecule has 0 heterocycles. The third-order valence-electron chi connectivity index (χ3n) is 3.51. The van der Waals surface area contributed by atoms with Crippen molar-refractivity contribution in [3.63, 3.8) is 0 Å². The van der Waals surface area contributed by atoms with Gasteiger partial charge in [0.05, 0.1) is 6.10 Å². The van der Waals surface area contributed by atoms with Crippen molar-refractivity contribution in [1.82, 2.24) is 0 Å². The zero-order chi connectivity index (χ0) is 12.4. The first-order valence-corrected chi connectivity index (χ1v) is 7.36. The maximum absolute atomic E-state index is 10.2. The topological polar surface area (TPSA) is 20.2 Å². The van der Waals surface area contributed by atoms with Gasteiger partial charge in [0, 0.05) is 4.47 Å². The summed E-state index contributed by atoms with van der Waals surface area (Å²) in [4.78, 5) is 0. The van der Waals surface area contributed by atoms with Crippen molar-refractivity contribution in [2.24, 2.45) is 5.92 Å². The van der Waals surface area contributed by atoms with Crippen LogP contribution in [0.1, 0.15) is 55.9 Å². The molecular weight excluding hydrogens is 276 g/mol. The van der Waals surface area contributed by atoms with Crippen LogP contribution in [0.3, 0.4) is 0 Å². The average Bonchev–Trinajstić information content (AvgIpc) is 2.27. The maximum Gasteiger partial charge on any atom is 0.0803 e. The van der Waals surface area contributed by atoms with Gasteiger partial charge in [0.1, 0.15) is 0 Å². The molecule has 0 saturated carbocycles. The van der Waals surface area contributed by atoms with Crippen LogP contribution in [0.4, 0.5) is 0 Å². The number of rotatable bonds is 3. The van der Waals surface area contributed by atoms with Crippen LogP contribution in [0, 0.1) is 5.92 Å². The SMILES string of the molecule is CC(C)CC(O)c1cc2c(cc1Br)CCCC2. The van der Waals surface area contributed by atoms with E-state index in [1.165, 1.54) is 36.8 Å². The maximum atomic E-state index is 10.2. The Morgan fingerprint density at radius 3 is 2.35 bits per heavy atom. The zero-order valence-corrected chi connectivity index (χ0v) is 12.3. The molecule has 1 aromatic carbocycles. The van der Waals surface area contributed by atoms with Gasteiger partial charge < -0.3 is 5.11 Å². The van der Waals surface area contributed by atoms with Crippen molar-refractivity contribution in [3.8, 4) is 0 Å². The minimum absolute atomic E-state index is 0.336. The van der Waals surface area contributed by atoms with E-state index < -0.39 is 0 Å². The van der Waals surface area contributed by atoms with Crippen LogP contribution in [-0.2, 0) is 12.8 Å². The number of hydrogen-bond acceptors (Lipinski definition) is 1. The van der Waals surface area contributed by atoms with Gasteiger partial charge in [-0.1, -0.05) is 35.8 Å². The normalized spacial score (nSPS) is 17.0. The van der Waals surface area contributed by atoms with Gasteiger partial charge >= 0.3 is 0 Å². The molecule has 1 aliphatic rings. The van der Waals surface area contributed by atoms with Gasteiger partial charge in [0.2, 0.25) is 0 Å². The number of hydrogen-bond donors (Lipinski definition) is 1. The van der Waals surface area contributed by atoms with Crippen LogP contribution in [0.25, 0.3) is 0 Å². The Bertz CT molecular complexity index is 398. The molecular formula is C15H21BrO. The van der Waals surface area contributed by atoms with Crippen molar-refractivity contribution < 1.29 is 5.11 Å². The first kappa shape index (κ1) is 13.1. The Morgan fingerprint density at radius 2 is 1.76 bits per heavy atom. The van der Waals surface area contributed by atoms with Crippen molar-refractivity contribution in [2.45, 2.75) is 52.1 Å². The summed E-state index contributed by atoms with van der Waals surface area (Å²) in [6, 6.07) is 4.43. The highest BCUT2D eigenvalue weighted by molar-refractivity contribution is 9.10. The fourth-order valence-corrected chi connectivity index (χ4v) is 3.26. The molecule has 1 nitrogen and oxygen atoms in total. The summed E-state index contributed by atoms with van der Waals surface area (Å²) in [5, 5.41) is 10.2. The highest BCUT2D eigenvalue weighted by Gasteiger charge is 2.17. The number of aliphatic hydroxyl groups is 1. The lowest BCUT2D eigenvalue weighted by molar-refractivity contribution is 0.150. The fraction of sp³-hybridized carbons (Fsp3) is 0.600. The largest absolute Gasteiger partial charge is 0.388 e. The molecule has 0 radical (unpaired) electrons. The Kier molecular flexibility index (Phi) is 4.26. The number of fused-ring (bicyclic) bond motifs is 1. The Labute approximate surface area is 112 Å². The van der Waals surface area contributed by atoms with E-state index in [1.54, 1.807) is 0 Å². The third kappa shape index (κ3) is 3.11. The lowest BCUT2D eigenvalue weighted by atomic mass is 9.88. The highest BCUT2D eigenvalue weighted by Crippen LogP contribution is 2.33. The molecule has 2 heteroatoms. The van der Waals surface area contributed by atoms with E-state index in [0.29, 0.717) is 5.92 Å². The monoisotopic (exact) mass is 296 g/mol. The van der Waals surface area contributed by atoms with E-state index in [2.05, 4.69) is 41.9 Å². The number of halogens is 1. The summed E-state index contributed by atoms with van der Waals surface area (Å²) >= 11 is 3.61. The fourth-order valence-electron chi connectivity index (χ4n) is 2.60. The van der Waals surface area contributed by atoms with E-state index in [9.17, 15) is 5.11 Å². The molecule has 0 aliphatic heterocycles. The van der Waals surface area contributed by atoms with Crippen LogP contribution in [0.2, 0.25) is 0 Å². The first-order valence-electron chi connectivity index (χ1n) is 6.57. The van der Waals surface area contributed by atoms with E-state index in [0.717, 1.165) is 16.5 Å². The van der Waals surface area contributed by atoms with Crippen LogP contribution >= 0.6 is 15.9 Å². The molecule has 1 aliphatic carbocycles. The summed E-state index contributed by atoms with van der Waals surface area (Å²) in [6.45, 7) is 4.30. The van der Waals surface area contributed by atoms with E-state index in [4.69, 9.17) is 0 Å². The summed E-state index contributed by atoms with van der Waals surface area (Å²) < 4.78 is 1.08. The molecule has 0 amide bonds. The zero-order valence-electron chi connectivity index (χ0n) is 10.7. The Hall–Kier alpha value is -0.340. The number of aryl methyl sites for hydroxylation is 2. The number of aliphatic hydroxyl groups excluding tert-OH is 1. The summed E-state index contributed by atoms with van der Waals surface area (Å²) in [7, 11) is 0. The van der Waals surface area contributed by atoms with E-state index >= 15 is 0 Å². The molecule has 0 bridgehead atoms. The second-order valence-electron chi connectivity index (χ2n) is 5.49. The van der Waals surface area contributed by atoms with Gasteiger partial charge in [-0.2, -0.15) is 0 Å². The molecule has 0 fully saturated rings. The van der Waals surface area contributed by atoms with Crippen molar-refractivity contribution in [1.29, 1.82) is 0 Å². The van der Waals surface area contributed by atoms with E-state index in [1.807, 2.05) is 0 Å². The summed E-state index contributed by atoms with van der Waals surface area (Å²) in [6.07, 6.45) is 5.44. The molecule has 94 valence electrons. The first-order chi connectivity index (χ1) is 8.08. The average molecular weight is 297 g/mol. The highest BCUT2D eigenvalue weighted by atomic mass is 79.9. The van der Waals surface area contributed by atoms with Crippen LogP contribution in [0.15, 0.2) is 16.6 Å². The minimum Gasteiger partial charge on any atom is -0.388 e. The molecule has 1 N–H and O–H groups in total. The smallest absolute Gasteiger partial charge is 0.0803 e. The van der Waals surface area contributed by atoms with Crippen molar-refractivity contribution in [3.05, 3.63) is 33.3 Å². The molecule has 1 atom stereocenters. The second-order valence-corrected chi connectivity index (χ2v) is 6.35. The summed E-state index contributed by atoms with van der Waals surface area (Å²) in [5.74, 6) is 0.521. The van der Waals surface area contributed by atoms with Gasteiger partial charge in [-0.15, -0.1) is 0 Å². The van der Waals surface area contributed by atoms with Gasteiger partial charge in [0.15, 0.2) is 0 Å². The van der Waals surface area contributed by atoms with E-state index in [-0.39, 0.29) is 6.10 Å². The van der Waals surface area contributed by atoms with Gasteiger partial charge in [0.25, 0.3) is 0 Å². The molecule has 1 unspecified atom stereocenters. The number of benzene rings is 1. The third-order valence-corrected chi connectivity index (χ3v) is 4.20. The van der Waals surface area contributed by atoms with Crippen molar-refractivity contribution in [2.75, 3.05) is 0 Å². The van der Waals surface area contributed by atoms with Crippen molar-refractivity contribution >= 4 is 15.9 Å². The summed E-state index contributed by atoms with van der Waals surface area (Å²) in [5.41, 5.74) is 3.97. The molecule has 17 heavy (non-hydrogen) atoms. The predicted molar refractivity (Wildman–Crippen MR) is 75.2 cm³/mol. The standard InChI is InChI=1S/C15H21BrO/c1-10(2)7-15(17)13-8-11-5-3-4-6-12(11)9-14(13)16/h8-10,15,17H,3-7H2,1-2H3. The van der Waals surface area contributed by atoms with Gasteiger partial charge in [-0.25, -0.2) is 0 Å². The lowest BCUT2D eigenvalue weighted by Crippen LogP contribution is -2.08. The predicted octanol–water partition coefficient (Wildman–Crippen LogP) is 4.41. The Morgan fingerprint density at radius 1 is 1.18 bits per heavy atom. The van der Waals surface area contributed by atoms with Gasteiger partial charge in [-0.05, 0) is 60.8 Å². The second kappa shape index (κ2) is 5.53. The van der Waals surface area contributed by atoms with Crippen LogP contribution in [0.5, 0.6) is 0 Å². The molecule has 0 aromatic heterocycles. The minimum atomic E-state index is -0.336. The van der Waals surface area contributed by atoms with Crippen LogP contribution < -0.4 is 0 Å². The lowest BCUT2D eigenvalue weighted by Gasteiger charge is -2.21. The molecule has 2 rings (SSSR count). The molecule has 1 aromatic rings. The van der Waals surface area contributed by atoms with Crippen LogP contribution in [-0.4, -0.2) is 5.11 Å². The molecule has 0 spiro atoms. The quantitative estimate of drug-likeness (QED) is 0.876. The molecule has 0 saturated heterocycles. The Balaban J connectivity index is 2.28. The van der Waals surface area contributed by atoms with Gasteiger partial charge in [-0.3, -0.25) is 0 Å².